The first kappa shape index (κ1) is 19.1. The maximum atomic E-state index is 13.2. The molecule has 0 amide bonds. The van der Waals surface area contributed by atoms with E-state index in [2.05, 4.69) is 0 Å². The highest BCUT2D eigenvalue weighted by molar-refractivity contribution is 7.90. The molecule has 0 bridgehead atoms. The highest BCUT2D eigenvalue weighted by Crippen LogP contribution is 2.36. The zero-order valence-corrected chi connectivity index (χ0v) is 14.7. The molecule has 0 N–H and O–H groups in total. The molecule has 2 aromatic carbocycles. The second-order valence-corrected chi connectivity index (χ2v) is 7.57. The van der Waals surface area contributed by atoms with Crippen LogP contribution < -0.4 is 4.74 Å². The van der Waals surface area contributed by atoms with Gasteiger partial charge in [0.25, 0.3) is 0 Å². The number of ether oxygens (including phenoxy) is 1. The standard InChI is InChI=1S/C18H17F3O3S/c1-12(10-13-4-7-15(24-2)8-5-13)14-6-9-17(25(3,22)23)16(11-14)18(19,20)21/h4-11H,1-3H3. The van der Waals surface area contributed by atoms with Crippen molar-refractivity contribution in [3.05, 3.63) is 59.2 Å². The van der Waals surface area contributed by atoms with Crippen molar-refractivity contribution in [2.75, 3.05) is 13.4 Å². The van der Waals surface area contributed by atoms with Crippen molar-refractivity contribution in [2.45, 2.75) is 18.0 Å². The van der Waals surface area contributed by atoms with Crippen LogP contribution in [0.25, 0.3) is 11.6 Å². The molecular weight excluding hydrogens is 353 g/mol. The van der Waals surface area contributed by atoms with Crippen LogP contribution in [0.3, 0.4) is 0 Å². The lowest BCUT2D eigenvalue weighted by Crippen LogP contribution is -2.13. The van der Waals surface area contributed by atoms with E-state index in [1.54, 1.807) is 37.3 Å². The smallest absolute Gasteiger partial charge is 0.417 e. The van der Waals surface area contributed by atoms with Gasteiger partial charge in [0.2, 0.25) is 0 Å². The third-order valence-electron chi connectivity index (χ3n) is 3.64. The third kappa shape index (κ3) is 4.63. The Kier molecular flexibility index (Phi) is 5.27. The van der Waals surface area contributed by atoms with E-state index in [0.29, 0.717) is 16.9 Å². The monoisotopic (exact) mass is 370 g/mol. The number of rotatable bonds is 4. The SMILES string of the molecule is COc1ccc(C=C(C)c2ccc(S(C)(=O)=O)c(C(F)(F)F)c2)cc1. The van der Waals surface area contributed by atoms with Gasteiger partial charge in [-0.1, -0.05) is 24.3 Å². The molecule has 0 aliphatic carbocycles. The largest absolute Gasteiger partial charge is 0.497 e. The summed E-state index contributed by atoms with van der Waals surface area (Å²) in [7, 11) is -2.44. The molecule has 0 aliphatic heterocycles. The Morgan fingerprint density at radius 2 is 1.68 bits per heavy atom. The van der Waals surface area contributed by atoms with Crippen LogP contribution in [0.15, 0.2) is 47.4 Å². The Morgan fingerprint density at radius 1 is 1.08 bits per heavy atom. The van der Waals surface area contributed by atoms with Gasteiger partial charge in [-0.25, -0.2) is 8.42 Å². The van der Waals surface area contributed by atoms with Crippen molar-refractivity contribution < 1.29 is 26.3 Å². The zero-order valence-electron chi connectivity index (χ0n) is 13.9. The van der Waals surface area contributed by atoms with E-state index in [1.807, 2.05) is 0 Å². The summed E-state index contributed by atoms with van der Waals surface area (Å²) in [4.78, 5) is -0.721. The summed E-state index contributed by atoms with van der Waals surface area (Å²) in [5.74, 6) is 0.673. The first-order valence-electron chi connectivity index (χ1n) is 7.26. The fourth-order valence-electron chi connectivity index (χ4n) is 2.35. The molecule has 0 radical (unpaired) electrons. The predicted molar refractivity (Wildman–Crippen MR) is 91.1 cm³/mol. The van der Waals surface area contributed by atoms with Gasteiger partial charge in [-0.2, -0.15) is 13.2 Å². The Morgan fingerprint density at radius 3 is 2.16 bits per heavy atom. The normalized spacial score (nSPS) is 13.0. The minimum Gasteiger partial charge on any atom is -0.497 e. The summed E-state index contributed by atoms with van der Waals surface area (Å²) >= 11 is 0. The fraction of sp³-hybridized carbons (Fsp3) is 0.222. The lowest BCUT2D eigenvalue weighted by Gasteiger charge is -2.14. The molecule has 0 aliphatic rings. The van der Waals surface area contributed by atoms with Crippen LogP contribution in [0.1, 0.15) is 23.6 Å². The highest BCUT2D eigenvalue weighted by atomic mass is 32.2. The predicted octanol–water partition coefficient (Wildman–Crippen LogP) is 4.68. The lowest BCUT2D eigenvalue weighted by atomic mass is 10.0. The van der Waals surface area contributed by atoms with Crippen molar-refractivity contribution in [2.24, 2.45) is 0 Å². The van der Waals surface area contributed by atoms with Gasteiger partial charge in [-0.3, -0.25) is 0 Å². The third-order valence-corrected chi connectivity index (χ3v) is 4.79. The van der Waals surface area contributed by atoms with Crippen molar-refractivity contribution in [3.63, 3.8) is 0 Å². The molecule has 0 heterocycles. The van der Waals surface area contributed by atoms with Crippen molar-refractivity contribution in [1.29, 1.82) is 0 Å². The summed E-state index contributed by atoms with van der Waals surface area (Å²) in [5, 5.41) is 0. The number of hydrogen-bond donors (Lipinski definition) is 0. The Labute approximate surface area is 144 Å². The molecule has 0 atom stereocenters. The van der Waals surface area contributed by atoms with Gasteiger partial charge in [-0.05, 0) is 47.9 Å². The second-order valence-electron chi connectivity index (χ2n) is 5.58. The van der Waals surface area contributed by atoms with E-state index in [9.17, 15) is 21.6 Å². The van der Waals surface area contributed by atoms with E-state index >= 15 is 0 Å². The van der Waals surface area contributed by atoms with E-state index in [4.69, 9.17) is 4.74 Å². The van der Waals surface area contributed by atoms with Crippen molar-refractivity contribution >= 4 is 21.5 Å². The van der Waals surface area contributed by atoms with Gasteiger partial charge >= 0.3 is 6.18 Å². The average molecular weight is 370 g/mol. The molecule has 0 spiro atoms. The van der Waals surface area contributed by atoms with Crippen LogP contribution in [0.2, 0.25) is 0 Å². The number of benzene rings is 2. The average Bonchev–Trinajstić information content (AvgIpc) is 2.53. The van der Waals surface area contributed by atoms with Gasteiger partial charge in [0.1, 0.15) is 5.75 Å². The first-order chi connectivity index (χ1) is 11.5. The molecule has 7 heteroatoms. The quantitative estimate of drug-likeness (QED) is 0.734. The van der Waals surface area contributed by atoms with Gasteiger partial charge < -0.3 is 4.74 Å². The number of sulfone groups is 1. The molecule has 2 rings (SSSR count). The van der Waals surface area contributed by atoms with E-state index < -0.39 is 26.5 Å². The Balaban J connectivity index is 2.49. The van der Waals surface area contributed by atoms with Crippen LogP contribution >= 0.6 is 0 Å². The zero-order chi connectivity index (χ0) is 18.8. The molecule has 0 fully saturated rings. The minimum absolute atomic E-state index is 0.301. The maximum Gasteiger partial charge on any atom is 0.417 e. The highest BCUT2D eigenvalue weighted by Gasteiger charge is 2.36. The Bertz CT molecular complexity index is 896. The number of methoxy groups -OCH3 is 1. The Hall–Kier alpha value is -2.28. The molecular formula is C18H17F3O3S. The van der Waals surface area contributed by atoms with Crippen LogP contribution in [-0.2, 0) is 16.0 Å². The van der Waals surface area contributed by atoms with Gasteiger partial charge in [-0.15, -0.1) is 0 Å². The number of allylic oxidation sites excluding steroid dienone is 1. The molecule has 0 saturated carbocycles. The molecule has 3 nitrogen and oxygen atoms in total. The minimum atomic E-state index is -4.76. The summed E-state index contributed by atoms with van der Waals surface area (Å²) in [5.41, 5.74) is 0.514. The van der Waals surface area contributed by atoms with Gasteiger partial charge in [0.15, 0.2) is 9.84 Å². The van der Waals surface area contributed by atoms with E-state index in [1.165, 1.54) is 13.2 Å². The van der Waals surface area contributed by atoms with Crippen LogP contribution in [-0.4, -0.2) is 21.8 Å². The molecule has 0 unspecified atom stereocenters. The molecule has 2 aromatic rings. The van der Waals surface area contributed by atoms with Gasteiger partial charge in [0, 0.05) is 6.26 Å². The summed E-state index contributed by atoms with van der Waals surface area (Å²) in [6.45, 7) is 1.67. The maximum absolute atomic E-state index is 13.2. The number of alkyl halides is 3. The second kappa shape index (κ2) is 6.92. The lowest BCUT2D eigenvalue weighted by molar-refractivity contribution is -0.139. The molecule has 134 valence electrons. The fourth-order valence-corrected chi connectivity index (χ4v) is 3.24. The number of halogens is 3. The van der Waals surface area contributed by atoms with Crippen molar-refractivity contribution in [1.82, 2.24) is 0 Å². The number of hydrogen-bond acceptors (Lipinski definition) is 3. The van der Waals surface area contributed by atoms with Crippen LogP contribution in [0, 0.1) is 0 Å². The van der Waals surface area contributed by atoms with Gasteiger partial charge in [0.05, 0.1) is 17.6 Å². The summed E-state index contributed by atoms with van der Waals surface area (Å²) in [6.07, 6.45) is -2.28. The first-order valence-corrected chi connectivity index (χ1v) is 9.15. The van der Waals surface area contributed by atoms with E-state index in [-0.39, 0.29) is 0 Å². The summed E-state index contributed by atoms with van der Waals surface area (Å²) in [6, 6.07) is 10.3. The molecule has 0 saturated heterocycles. The molecule has 0 aromatic heterocycles. The van der Waals surface area contributed by atoms with E-state index in [0.717, 1.165) is 24.0 Å². The van der Waals surface area contributed by atoms with Crippen LogP contribution in [0.4, 0.5) is 13.2 Å². The van der Waals surface area contributed by atoms with Crippen LogP contribution in [0.5, 0.6) is 5.75 Å². The molecule has 25 heavy (non-hydrogen) atoms. The summed E-state index contributed by atoms with van der Waals surface area (Å²) < 4.78 is 68.0. The van der Waals surface area contributed by atoms with Crippen molar-refractivity contribution in [3.8, 4) is 5.75 Å². The topological polar surface area (TPSA) is 43.4 Å².